The molecule has 0 aliphatic heterocycles. The van der Waals surface area contributed by atoms with Gasteiger partial charge in [-0.3, -0.25) is 0 Å². The lowest BCUT2D eigenvalue weighted by atomic mass is 10.2. The Morgan fingerprint density at radius 3 is 2.82 bits per heavy atom. The fourth-order valence-electron chi connectivity index (χ4n) is 1.30. The van der Waals surface area contributed by atoms with E-state index in [1.807, 2.05) is 6.07 Å². The summed E-state index contributed by atoms with van der Waals surface area (Å²) in [6, 6.07) is 5.36. The van der Waals surface area contributed by atoms with Gasteiger partial charge < -0.3 is 5.32 Å². The van der Waals surface area contributed by atoms with Crippen LogP contribution in [0, 0.1) is 0 Å². The lowest BCUT2D eigenvalue weighted by Gasteiger charge is -1.99. The molecule has 0 saturated carbocycles. The maximum Gasteiger partial charge on any atom is 0.206 e. The number of anilines is 1. The fourth-order valence-corrected chi connectivity index (χ4v) is 2.66. The van der Waals surface area contributed by atoms with Crippen LogP contribution in [0.15, 0.2) is 18.2 Å². The van der Waals surface area contributed by atoms with Crippen LogP contribution in [0.25, 0.3) is 10.6 Å². The van der Waals surface area contributed by atoms with Gasteiger partial charge in [-0.05, 0) is 24.6 Å². The zero-order valence-electron chi connectivity index (χ0n) is 9.20. The van der Waals surface area contributed by atoms with Gasteiger partial charge in [0.25, 0.3) is 0 Å². The molecule has 1 aromatic heterocycles. The molecule has 1 N–H and O–H groups in total. The van der Waals surface area contributed by atoms with Crippen molar-refractivity contribution in [3.05, 3.63) is 28.2 Å². The average molecular weight is 288 g/mol. The van der Waals surface area contributed by atoms with E-state index in [1.165, 1.54) is 11.3 Å². The third kappa shape index (κ3) is 3.09. The normalized spacial score (nSPS) is 10.5. The van der Waals surface area contributed by atoms with Crippen molar-refractivity contribution in [2.75, 3.05) is 11.9 Å². The lowest BCUT2D eigenvalue weighted by molar-refractivity contribution is 0.964. The quantitative estimate of drug-likeness (QED) is 0.909. The first-order chi connectivity index (χ1) is 8.20. The second kappa shape index (κ2) is 5.67. The Labute approximate surface area is 114 Å². The van der Waals surface area contributed by atoms with Crippen LogP contribution in [-0.4, -0.2) is 16.7 Å². The molecule has 1 heterocycles. The van der Waals surface area contributed by atoms with Crippen molar-refractivity contribution in [1.82, 2.24) is 10.2 Å². The maximum absolute atomic E-state index is 6.11. The first-order valence-corrected chi connectivity index (χ1v) is 6.80. The van der Waals surface area contributed by atoms with E-state index >= 15 is 0 Å². The molecule has 0 amide bonds. The smallest absolute Gasteiger partial charge is 0.206 e. The fraction of sp³-hybridized carbons (Fsp3) is 0.273. The Morgan fingerprint density at radius 2 is 2.12 bits per heavy atom. The molecule has 2 aromatic rings. The van der Waals surface area contributed by atoms with Crippen LogP contribution in [0.2, 0.25) is 10.0 Å². The number of aromatic nitrogens is 2. The molecule has 2 rings (SSSR count). The molecule has 0 atom stereocenters. The number of halogens is 2. The lowest BCUT2D eigenvalue weighted by Crippen LogP contribution is -1.98. The van der Waals surface area contributed by atoms with Crippen LogP contribution in [-0.2, 0) is 0 Å². The second-order valence-electron chi connectivity index (χ2n) is 3.46. The minimum Gasteiger partial charge on any atom is -0.360 e. The van der Waals surface area contributed by atoms with Crippen molar-refractivity contribution in [3.8, 4) is 10.6 Å². The predicted molar refractivity (Wildman–Crippen MR) is 74.1 cm³/mol. The molecule has 0 spiro atoms. The molecule has 17 heavy (non-hydrogen) atoms. The van der Waals surface area contributed by atoms with Crippen LogP contribution >= 0.6 is 34.5 Å². The highest BCUT2D eigenvalue weighted by molar-refractivity contribution is 7.18. The summed E-state index contributed by atoms with van der Waals surface area (Å²) in [6.45, 7) is 2.99. The number of hydrogen-bond acceptors (Lipinski definition) is 4. The minimum atomic E-state index is 0.593. The highest BCUT2D eigenvalue weighted by Gasteiger charge is 2.10. The molecular weight excluding hydrogens is 277 g/mol. The topological polar surface area (TPSA) is 37.8 Å². The zero-order chi connectivity index (χ0) is 12.3. The Bertz CT molecular complexity index is 513. The van der Waals surface area contributed by atoms with Crippen molar-refractivity contribution in [3.63, 3.8) is 0 Å². The van der Waals surface area contributed by atoms with Crippen LogP contribution in [0.1, 0.15) is 13.3 Å². The van der Waals surface area contributed by atoms with E-state index in [0.717, 1.165) is 28.7 Å². The number of hydrogen-bond donors (Lipinski definition) is 1. The molecule has 3 nitrogen and oxygen atoms in total. The van der Waals surface area contributed by atoms with Gasteiger partial charge in [-0.1, -0.05) is 41.5 Å². The van der Waals surface area contributed by atoms with Crippen molar-refractivity contribution < 1.29 is 0 Å². The Morgan fingerprint density at radius 1 is 1.29 bits per heavy atom. The molecule has 0 unspecified atom stereocenters. The van der Waals surface area contributed by atoms with Gasteiger partial charge in [-0.2, -0.15) is 0 Å². The van der Waals surface area contributed by atoms with Gasteiger partial charge in [0.1, 0.15) is 0 Å². The zero-order valence-corrected chi connectivity index (χ0v) is 11.5. The van der Waals surface area contributed by atoms with E-state index in [9.17, 15) is 0 Å². The molecule has 0 radical (unpaired) electrons. The third-order valence-electron chi connectivity index (χ3n) is 2.11. The van der Waals surface area contributed by atoms with Gasteiger partial charge in [-0.25, -0.2) is 0 Å². The highest BCUT2D eigenvalue weighted by atomic mass is 35.5. The van der Waals surface area contributed by atoms with Gasteiger partial charge >= 0.3 is 0 Å². The Hall–Kier alpha value is -0.840. The Balaban J connectivity index is 2.24. The standard InChI is InChI=1S/C11H11Cl2N3S/c1-2-5-14-11-16-15-10(17-11)8-4-3-7(12)6-9(8)13/h3-4,6H,2,5H2,1H3,(H,14,16). The molecule has 0 bridgehead atoms. The summed E-state index contributed by atoms with van der Waals surface area (Å²) in [5.74, 6) is 0. The summed E-state index contributed by atoms with van der Waals surface area (Å²) in [4.78, 5) is 0. The first kappa shape index (κ1) is 12.6. The van der Waals surface area contributed by atoms with Crippen LogP contribution in [0.4, 0.5) is 5.13 Å². The minimum absolute atomic E-state index is 0.593. The predicted octanol–water partition coefficient (Wildman–Crippen LogP) is 4.33. The number of benzene rings is 1. The molecule has 6 heteroatoms. The number of nitrogens with one attached hydrogen (secondary N) is 1. The summed E-state index contributed by atoms with van der Waals surface area (Å²) in [5, 5.41) is 14.2. The van der Waals surface area contributed by atoms with E-state index < -0.39 is 0 Å². The van der Waals surface area contributed by atoms with Gasteiger partial charge in [0.05, 0.1) is 5.02 Å². The molecule has 1 aromatic carbocycles. The first-order valence-electron chi connectivity index (χ1n) is 5.23. The largest absolute Gasteiger partial charge is 0.360 e. The summed E-state index contributed by atoms with van der Waals surface area (Å²) in [6.07, 6.45) is 1.05. The van der Waals surface area contributed by atoms with Gasteiger partial charge in [0.15, 0.2) is 5.01 Å². The number of rotatable bonds is 4. The molecule has 0 aliphatic rings. The summed E-state index contributed by atoms with van der Waals surface area (Å²) in [5.41, 5.74) is 0.859. The highest BCUT2D eigenvalue weighted by Crippen LogP contribution is 2.33. The average Bonchev–Trinajstić information content (AvgIpc) is 2.75. The summed E-state index contributed by atoms with van der Waals surface area (Å²) < 4.78 is 0. The van der Waals surface area contributed by atoms with Crippen LogP contribution < -0.4 is 5.32 Å². The van der Waals surface area contributed by atoms with Crippen LogP contribution in [0.3, 0.4) is 0 Å². The monoisotopic (exact) mass is 287 g/mol. The maximum atomic E-state index is 6.11. The molecule has 90 valence electrons. The van der Waals surface area contributed by atoms with Crippen LogP contribution in [0.5, 0.6) is 0 Å². The van der Waals surface area contributed by atoms with Gasteiger partial charge in [0.2, 0.25) is 5.13 Å². The van der Waals surface area contributed by atoms with E-state index in [1.54, 1.807) is 12.1 Å². The molecule has 0 fully saturated rings. The van der Waals surface area contributed by atoms with E-state index in [4.69, 9.17) is 23.2 Å². The van der Waals surface area contributed by atoms with Crippen molar-refractivity contribution in [2.24, 2.45) is 0 Å². The number of nitrogens with zero attached hydrogens (tertiary/aromatic N) is 2. The van der Waals surface area contributed by atoms with Crippen molar-refractivity contribution in [1.29, 1.82) is 0 Å². The molecule has 0 saturated heterocycles. The van der Waals surface area contributed by atoms with Gasteiger partial charge in [0, 0.05) is 17.1 Å². The van der Waals surface area contributed by atoms with E-state index in [0.29, 0.717) is 10.0 Å². The summed E-state index contributed by atoms with van der Waals surface area (Å²) in [7, 11) is 0. The molecular formula is C11H11Cl2N3S. The van der Waals surface area contributed by atoms with Crippen molar-refractivity contribution in [2.45, 2.75) is 13.3 Å². The summed E-state index contributed by atoms with van der Waals surface area (Å²) >= 11 is 13.4. The molecule has 0 aliphatic carbocycles. The Kier molecular flexibility index (Phi) is 4.20. The van der Waals surface area contributed by atoms with E-state index in [-0.39, 0.29) is 0 Å². The second-order valence-corrected chi connectivity index (χ2v) is 5.28. The third-order valence-corrected chi connectivity index (χ3v) is 3.57. The SMILES string of the molecule is CCCNc1nnc(-c2ccc(Cl)cc2Cl)s1. The van der Waals surface area contributed by atoms with E-state index in [2.05, 4.69) is 22.4 Å². The van der Waals surface area contributed by atoms with Crippen molar-refractivity contribution >= 4 is 39.7 Å². The van der Waals surface area contributed by atoms with Gasteiger partial charge in [-0.15, -0.1) is 10.2 Å².